The van der Waals surface area contributed by atoms with E-state index < -0.39 is 54.1 Å². The number of carbonyl (C=O) groups is 3. The molecular formula is C33H36N2O6. The summed E-state index contributed by atoms with van der Waals surface area (Å²) in [5.74, 6) is -3.09. The second kappa shape index (κ2) is 10.9. The van der Waals surface area contributed by atoms with Crippen LogP contribution in [0.2, 0.25) is 0 Å². The summed E-state index contributed by atoms with van der Waals surface area (Å²) >= 11 is 0. The second-order valence-electron chi connectivity index (χ2n) is 11.4. The molecule has 4 aliphatic rings. The number of hydrogen-bond acceptors (Lipinski definition) is 6. The van der Waals surface area contributed by atoms with Gasteiger partial charge >= 0.3 is 5.97 Å². The van der Waals surface area contributed by atoms with Crippen LogP contribution < -0.4 is 4.90 Å². The van der Waals surface area contributed by atoms with E-state index in [1.165, 1.54) is 4.90 Å². The number of fused-ring (bicyclic) bond motifs is 2. The number of aliphatic hydroxyl groups is 1. The minimum atomic E-state index is -1.41. The Kier molecular flexibility index (Phi) is 7.30. The number of allylic oxidation sites excluding steroid dienone is 1. The molecule has 8 heteroatoms. The average Bonchev–Trinajstić information content (AvgIpc) is 3.35. The molecule has 6 rings (SSSR count). The van der Waals surface area contributed by atoms with Gasteiger partial charge in [-0.3, -0.25) is 14.4 Å². The molecule has 1 unspecified atom stereocenters. The normalized spacial score (nSPS) is 31.1. The van der Waals surface area contributed by atoms with E-state index in [4.69, 9.17) is 9.47 Å². The van der Waals surface area contributed by atoms with Gasteiger partial charge in [0.1, 0.15) is 17.6 Å². The van der Waals surface area contributed by atoms with Crippen LogP contribution in [0, 0.1) is 25.7 Å². The zero-order valence-electron chi connectivity index (χ0n) is 23.4. The Balaban J connectivity index is 1.53. The van der Waals surface area contributed by atoms with Crippen molar-refractivity contribution in [3.63, 3.8) is 0 Å². The second-order valence-corrected chi connectivity index (χ2v) is 11.4. The lowest BCUT2D eigenvalue weighted by molar-refractivity contribution is -0.155. The third-order valence-corrected chi connectivity index (χ3v) is 8.94. The number of rotatable bonds is 4. The first kappa shape index (κ1) is 27.4. The van der Waals surface area contributed by atoms with Crippen molar-refractivity contribution in [3.8, 4) is 0 Å². The molecule has 0 radical (unpaired) electrons. The van der Waals surface area contributed by atoms with Crippen LogP contribution in [0.3, 0.4) is 0 Å². The standard InChI is InChI=1S/C33H36N2O6/c1-21-12-10-13-22(2)28(21)34-18-11-17-33-27(26-25(41-33)16-8-3-4-9-19-40-32(26)39)30(37)35(29(33)31(34)38)24(20-36)23-14-6-5-7-15-23/h5-8,10-17,24-27,29,36H,3-4,9,18-20H2,1-2H3/b16-8-/t24-,25-,26+,27+,29?,33+/m1/s1. The van der Waals surface area contributed by atoms with Crippen molar-refractivity contribution >= 4 is 23.5 Å². The van der Waals surface area contributed by atoms with Crippen LogP contribution >= 0.6 is 0 Å². The number of likely N-dealkylation sites (tertiary alicyclic amines) is 1. The first-order chi connectivity index (χ1) is 19.9. The molecule has 1 N–H and O–H groups in total. The first-order valence-electron chi connectivity index (χ1n) is 14.4. The molecule has 41 heavy (non-hydrogen) atoms. The molecule has 0 bridgehead atoms. The van der Waals surface area contributed by atoms with Crippen LogP contribution in [0.4, 0.5) is 5.69 Å². The van der Waals surface area contributed by atoms with E-state index in [-0.39, 0.29) is 19.1 Å². The van der Waals surface area contributed by atoms with Gasteiger partial charge < -0.3 is 24.4 Å². The number of ether oxygens (including phenoxy) is 2. The summed E-state index contributed by atoms with van der Waals surface area (Å²) < 4.78 is 12.4. The van der Waals surface area contributed by atoms with Gasteiger partial charge in [0.25, 0.3) is 5.91 Å². The minimum absolute atomic E-state index is 0.273. The molecule has 2 fully saturated rings. The molecule has 0 aliphatic carbocycles. The highest BCUT2D eigenvalue weighted by atomic mass is 16.6. The highest BCUT2D eigenvalue weighted by molar-refractivity contribution is 6.06. The Morgan fingerprint density at radius 2 is 1.73 bits per heavy atom. The molecule has 6 atom stereocenters. The van der Waals surface area contributed by atoms with Crippen molar-refractivity contribution in [2.24, 2.45) is 11.8 Å². The number of carbonyl (C=O) groups excluding carboxylic acids is 3. The molecule has 2 aromatic rings. The Hall–Kier alpha value is -3.75. The minimum Gasteiger partial charge on any atom is -0.465 e. The third-order valence-electron chi connectivity index (χ3n) is 8.94. The predicted octanol–water partition coefficient (Wildman–Crippen LogP) is 3.80. The van der Waals surface area contributed by atoms with Gasteiger partial charge in [0.15, 0.2) is 0 Å². The summed E-state index contributed by atoms with van der Waals surface area (Å²) in [6.07, 6.45) is 9.24. The predicted molar refractivity (Wildman–Crippen MR) is 153 cm³/mol. The summed E-state index contributed by atoms with van der Waals surface area (Å²) in [5.41, 5.74) is 1.94. The van der Waals surface area contributed by atoms with Crippen molar-refractivity contribution in [1.82, 2.24) is 4.90 Å². The van der Waals surface area contributed by atoms with E-state index in [0.717, 1.165) is 36.1 Å². The number of aliphatic hydroxyl groups excluding tert-OH is 1. The summed E-state index contributed by atoms with van der Waals surface area (Å²) in [7, 11) is 0. The van der Waals surface area contributed by atoms with Gasteiger partial charge in [-0.25, -0.2) is 0 Å². The quantitative estimate of drug-likeness (QED) is 0.455. The fraction of sp³-hybridized carbons (Fsp3) is 0.424. The van der Waals surface area contributed by atoms with Crippen molar-refractivity contribution < 1.29 is 29.0 Å². The molecule has 1 spiro atoms. The van der Waals surface area contributed by atoms with Gasteiger partial charge in [-0.2, -0.15) is 0 Å². The van der Waals surface area contributed by atoms with Crippen LogP contribution in [0.25, 0.3) is 0 Å². The Labute approximate surface area is 240 Å². The van der Waals surface area contributed by atoms with Gasteiger partial charge in [-0.15, -0.1) is 0 Å². The van der Waals surface area contributed by atoms with Crippen molar-refractivity contribution in [3.05, 3.63) is 89.5 Å². The first-order valence-corrected chi connectivity index (χ1v) is 14.4. The summed E-state index contributed by atoms with van der Waals surface area (Å²) in [6.45, 7) is 4.08. The number of benzene rings is 2. The number of esters is 1. The Bertz CT molecular complexity index is 1380. The summed E-state index contributed by atoms with van der Waals surface area (Å²) in [5, 5.41) is 10.7. The van der Waals surface area contributed by atoms with Crippen molar-refractivity contribution in [2.75, 3.05) is 24.7 Å². The van der Waals surface area contributed by atoms with Crippen molar-refractivity contribution in [1.29, 1.82) is 0 Å². The largest absolute Gasteiger partial charge is 0.465 e. The Morgan fingerprint density at radius 1 is 0.976 bits per heavy atom. The number of cyclic esters (lactones) is 1. The van der Waals surface area contributed by atoms with Gasteiger partial charge in [0.05, 0.1) is 31.3 Å². The van der Waals surface area contributed by atoms with E-state index >= 15 is 0 Å². The zero-order valence-corrected chi connectivity index (χ0v) is 23.4. The molecule has 4 heterocycles. The molecule has 2 aromatic carbocycles. The van der Waals surface area contributed by atoms with Crippen LogP contribution in [0.5, 0.6) is 0 Å². The number of aryl methyl sites for hydroxylation is 2. The van der Waals surface area contributed by atoms with Crippen LogP contribution in [-0.4, -0.2) is 65.3 Å². The maximum absolute atomic E-state index is 14.8. The van der Waals surface area contributed by atoms with Crippen LogP contribution in [-0.2, 0) is 23.9 Å². The fourth-order valence-electron chi connectivity index (χ4n) is 7.15. The van der Waals surface area contributed by atoms with Crippen LogP contribution in [0.1, 0.15) is 42.0 Å². The number of para-hydroxylation sites is 1. The summed E-state index contributed by atoms with van der Waals surface area (Å²) in [4.78, 5) is 46.2. The van der Waals surface area contributed by atoms with E-state index in [2.05, 4.69) is 0 Å². The van der Waals surface area contributed by atoms with Gasteiger partial charge in [-0.05, 0) is 49.8 Å². The molecule has 2 saturated heterocycles. The van der Waals surface area contributed by atoms with E-state index in [1.807, 2.05) is 86.7 Å². The SMILES string of the molecule is Cc1cccc(C)c1N1CC=C[C@]23O[C@@H]4/C=C\CCCCOC(=O)[C@@H]4[C@H]2C(=O)N([C@H](CO)c2ccccc2)C3C1=O. The maximum Gasteiger partial charge on any atom is 0.312 e. The molecular weight excluding hydrogens is 520 g/mol. The monoisotopic (exact) mass is 556 g/mol. The smallest absolute Gasteiger partial charge is 0.312 e. The number of nitrogens with zero attached hydrogens (tertiary/aromatic N) is 2. The average molecular weight is 557 g/mol. The molecule has 0 aromatic heterocycles. The lowest BCUT2D eigenvalue weighted by atomic mass is 9.78. The topological polar surface area (TPSA) is 96.4 Å². The third kappa shape index (κ3) is 4.41. The fourth-order valence-corrected chi connectivity index (χ4v) is 7.15. The van der Waals surface area contributed by atoms with E-state index in [1.54, 1.807) is 4.90 Å². The maximum atomic E-state index is 14.8. The highest BCUT2D eigenvalue weighted by Crippen LogP contribution is 2.55. The molecule has 214 valence electrons. The number of hydrogen-bond donors (Lipinski definition) is 1. The van der Waals surface area contributed by atoms with E-state index in [9.17, 15) is 19.5 Å². The zero-order chi connectivity index (χ0) is 28.7. The molecule has 8 nitrogen and oxygen atoms in total. The van der Waals surface area contributed by atoms with Crippen LogP contribution in [0.15, 0.2) is 72.8 Å². The van der Waals surface area contributed by atoms with Crippen molar-refractivity contribution in [2.45, 2.75) is 56.9 Å². The number of anilines is 1. The summed E-state index contributed by atoms with van der Waals surface area (Å²) in [6, 6.07) is 13.2. The highest BCUT2D eigenvalue weighted by Gasteiger charge is 2.72. The number of amides is 2. The lowest BCUT2D eigenvalue weighted by Gasteiger charge is -2.39. The van der Waals surface area contributed by atoms with Gasteiger partial charge in [0.2, 0.25) is 5.91 Å². The Morgan fingerprint density at radius 3 is 2.46 bits per heavy atom. The molecule has 4 aliphatic heterocycles. The molecule has 2 amide bonds. The van der Waals surface area contributed by atoms with Gasteiger partial charge in [0, 0.05) is 12.2 Å². The van der Waals surface area contributed by atoms with E-state index in [0.29, 0.717) is 5.56 Å². The molecule has 0 saturated carbocycles. The van der Waals surface area contributed by atoms with Gasteiger partial charge in [-0.1, -0.05) is 72.8 Å². The lowest BCUT2D eigenvalue weighted by Crippen LogP contribution is -2.56.